The molecule has 1 atom stereocenters. The quantitative estimate of drug-likeness (QED) is 0.708. The van der Waals surface area contributed by atoms with Gasteiger partial charge in [-0.1, -0.05) is 30.3 Å². The third-order valence-electron chi connectivity index (χ3n) is 2.36. The molecule has 1 unspecified atom stereocenters. The SMILES string of the molecule is SCC1CCN=C(c2ccccc2)N1. The van der Waals surface area contributed by atoms with Crippen LogP contribution >= 0.6 is 12.6 Å². The Morgan fingerprint density at radius 3 is 2.86 bits per heavy atom. The van der Waals surface area contributed by atoms with Crippen LogP contribution < -0.4 is 5.32 Å². The number of nitrogens with one attached hydrogen (secondary N) is 1. The van der Waals surface area contributed by atoms with Crippen molar-refractivity contribution in [1.29, 1.82) is 0 Å². The van der Waals surface area contributed by atoms with E-state index in [-0.39, 0.29) is 0 Å². The van der Waals surface area contributed by atoms with E-state index >= 15 is 0 Å². The standard InChI is InChI=1S/C11H14N2S/c14-8-10-6-7-12-11(13-10)9-4-2-1-3-5-9/h1-5,10,14H,6-8H2,(H,12,13). The van der Waals surface area contributed by atoms with Gasteiger partial charge >= 0.3 is 0 Å². The van der Waals surface area contributed by atoms with Gasteiger partial charge in [0.2, 0.25) is 0 Å². The summed E-state index contributed by atoms with van der Waals surface area (Å²) < 4.78 is 0. The molecule has 0 amide bonds. The van der Waals surface area contributed by atoms with Crippen LogP contribution in [-0.2, 0) is 0 Å². The zero-order chi connectivity index (χ0) is 9.80. The predicted octanol–water partition coefficient (Wildman–Crippen LogP) is 1.72. The number of hydrogen-bond acceptors (Lipinski definition) is 3. The fourth-order valence-corrected chi connectivity index (χ4v) is 1.82. The van der Waals surface area contributed by atoms with Crippen LogP contribution in [-0.4, -0.2) is 24.2 Å². The van der Waals surface area contributed by atoms with Gasteiger partial charge in [-0.05, 0) is 6.42 Å². The average Bonchev–Trinajstić information content (AvgIpc) is 2.30. The maximum atomic E-state index is 4.47. The Morgan fingerprint density at radius 2 is 2.14 bits per heavy atom. The van der Waals surface area contributed by atoms with Crippen LogP contribution in [0, 0.1) is 0 Å². The molecule has 1 aliphatic rings. The van der Waals surface area contributed by atoms with Crippen LogP contribution in [0.25, 0.3) is 0 Å². The molecule has 2 nitrogen and oxygen atoms in total. The maximum absolute atomic E-state index is 4.47. The zero-order valence-electron chi connectivity index (χ0n) is 7.98. The van der Waals surface area contributed by atoms with Crippen molar-refractivity contribution >= 4 is 18.5 Å². The summed E-state index contributed by atoms with van der Waals surface area (Å²) >= 11 is 4.30. The molecule has 0 saturated heterocycles. The van der Waals surface area contributed by atoms with Crippen molar-refractivity contribution < 1.29 is 0 Å². The normalized spacial score (nSPS) is 21.2. The number of hydrogen-bond donors (Lipinski definition) is 2. The number of rotatable bonds is 2. The molecule has 0 fully saturated rings. The Kier molecular flexibility index (Phi) is 3.09. The van der Waals surface area contributed by atoms with Gasteiger partial charge in [0.1, 0.15) is 5.84 Å². The van der Waals surface area contributed by atoms with E-state index in [1.807, 2.05) is 18.2 Å². The third kappa shape index (κ3) is 2.10. The first-order valence-corrected chi connectivity index (χ1v) is 5.50. The molecule has 1 aromatic rings. The molecule has 0 spiro atoms. The van der Waals surface area contributed by atoms with Crippen molar-refractivity contribution in [2.75, 3.05) is 12.3 Å². The summed E-state index contributed by atoms with van der Waals surface area (Å²) in [6, 6.07) is 10.7. The molecule has 0 aromatic heterocycles. The highest BCUT2D eigenvalue weighted by atomic mass is 32.1. The summed E-state index contributed by atoms with van der Waals surface area (Å²) in [4.78, 5) is 4.47. The van der Waals surface area contributed by atoms with E-state index in [4.69, 9.17) is 0 Å². The van der Waals surface area contributed by atoms with E-state index in [9.17, 15) is 0 Å². The van der Waals surface area contributed by atoms with E-state index < -0.39 is 0 Å². The van der Waals surface area contributed by atoms with Crippen LogP contribution in [0.3, 0.4) is 0 Å². The number of aliphatic imine (C=N–C) groups is 1. The highest BCUT2D eigenvalue weighted by molar-refractivity contribution is 7.80. The van der Waals surface area contributed by atoms with Gasteiger partial charge in [-0.15, -0.1) is 0 Å². The first kappa shape index (κ1) is 9.59. The highest BCUT2D eigenvalue weighted by Crippen LogP contribution is 2.07. The molecule has 1 aromatic carbocycles. The van der Waals surface area contributed by atoms with Crippen LogP contribution in [0.4, 0.5) is 0 Å². The van der Waals surface area contributed by atoms with Crippen molar-refractivity contribution in [3.8, 4) is 0 Å². The zero-order valence-corrected chi connectivity index (χ0v) is 8.87. The molecule has 0 bridgehead atoms. The summed E-state index contributed by atoms with van der Waals surface area (Å²) in [5.74, 6) is 1.88. The molecule has 1 aliphatic heterocycles. The monoisotopic (exact) mass is 206 g/mol. The van der Waals surface area contributed by atoms with Crippen molar-refractivity contribution in [1.82, 2.24) is 5.32 Å². The van der Waals surface area contributed by atoms with Gasteiger partial charge < -0.3 is 5.32 Å². The van der Waals surface area contributed by atoms with Gasteiger partial charge in [-0.25, -0.2) is 0 Å². The second-order valence-electron chi connectivity index (χ2n) is 3.41. The average molecular weight is 206 g/mol. The van der Waals surface area contributed by atoms with E-state index in [0.717, 1.165) is 24.6 Å². The number of thiol groups is 1. The molecule has 0 aliphatic carbocycles. The van der Waals surface area contributed by atoms with Crippen LogP contribution in [0.1, 0.15) is 12.0 Å². The molecular formula is C11H14N2S. The maximum Gasteiger partial charge on any atom is 0.128 e. The van der Waals surface area contributed by atoms with Crippen LogP contribution in [0.15, 0.2) is 35.3 Å². The summed E-state index contributed by atoms with van der Waals surface area (Å²) in [7, 11) is 0. The Morgan fingerprint density at radius 1 is 1.36 bits per heavy atom. The fraction of sp³-hybridized carbons (Fsp3) is 0.364. The van der Waals surface area contributed by atoms with E-state index in [1.165, 1.54) is 5.56 Å². The summed E-state index contributed by atoms with van der Waals surface area (Å²) in [5, 5.41) is 3.39. The van der Waals surface area contributed by atoms with Crippen molar-refractivity contribution in [3.05, 3.63) is 35.9 Å². The summed E-state index contributed by atoms with van der Waals surface area (Å²) in [5.41, 5.74) is 1.17. The molecule has 74 valence electrons. The fourth-order valence-electron chi connectivity index (χ4n) is 1.55. The molecule has 1 heterocycles. The van der Waals surface area contributed by atoms with Gasteiger partial charge in [0.25, 0.3) is 0 Å². The lowest BCUT2D eigenvalue weighted by atomic mass is 10.1. The molecule has 14 heavy (non-hydrogen) atoms. The largest absolute Gasteiger partial charge is 0.366 e. The van der Waals surface area contributed by atoms with E-state index in [1.54, 1.807) is 0 Å². The van der Waals surface area contributed by atoms with Crippen LogP contribution in [0.2, 0.25) is 0 Å². The first-order valence-electron chi connectivity index (χ1n) is 4.87. The van der Waals surface area contributed by atoms with Crippen molar-refractivity contribution in [2.24, 2.45) is 4.99 Å². The van der Waals surface area contributed by atoms with Crippen molar-refractivity contribution in [3.63, 3.8) is 0 Å². The lowest BCUT2D eigenvalue weighted by molar-refractivity contribution is 0.597. The number of amidine groups is 1. The topological polar surface area (TPSA) is 24.4 Å². The summed E-state index contributed by atoms with van der Waals surface area (Å²) in [6.45, 7) is 0.905. The second kappa shape index (κ2) is 4.51. The van der Waals surface area contributed by atoms with Crippen molar-refractivity contribution in [2.45, 2.75) is 12.5 Å². The van der Waals surface area contributed by atoms with Gasteiger partial charge in [-0.3, -0.25) is 4.99 Å². The van der Waals surface area contributed by atoms with E-state index in [0.29, 0.717) is 6.04 Å². The minimum atomic E-state index is 0.464. The molecule has 2 rings (SSSR count). The molecule has 0 saturated carbocycles. The summed E-state index contributed by atoms with van der Waals surface area (Å²) in [6.07, 6.45) is 1.08. The number of nitrogens with zero attached hydrogens (tertiary/aromatic N) is 1. The number of benzene rings is 1. The molecule has 1 N–H and O–H groups in total. The predicted molar refractivity (Wildman–Crippen MR) is 63.2 cm³/mol. The Bertz CT molecular complexity index is 321. The van der Waals surface area contributed by atoms with Gasteiger partial charge in [-0.2, -0.15) is 12.6 Å². The second-order valence-corrected chi connectivity index (χ2v) is 3.77. The van der Waals surface area contributed by atoms with Crippen LogP contribution in [0.5, 0.6) is 0 Å². The smallest absolute Gasteiger partial charge is 0.128 e. The minimum Gasteiger partial charge on any atom is -0.366 e. The lowest BCUT2D eigenvalue weighted by Crippen LogP contribution is -2.40. The molecular weight excluding hydrogens is 192 g/mol. The van der Waals surface area contributed by atoms with Gasteiger partial charge in [0, 0.05) is 23.9 Å². The van der Waals surface area contributed by atoms with E-state index in [2.05, 4.69) is 35.1 Å². The first-order chi connectivity index (χ1) is 6.90. The molecule has 3 heteroatoms. The third-order valence-corrected chi connectivity index (χ3v) is 2.80. The molecule has 0 radical (unpaired) electrons. The van der Waals surface area contributed by atoms with Gasteiger partial charge in [0.05, 0.1) is 0 Å². The Hall–Kier alpha value is -0.960. The highest BCUT2D eigenvalue weighted by Gasteiger charge is 2.14. The lowest BCUT2D eigenvalue weighted by Gasteiger charge is -2.23. The Balaban J connectivity index is 2.16. The minimum absolute atomic E-state index is 0.464. The van der Waals surface area contributed by atoms with Gasteiger partial charge in [0.15, 0.2) is 0 Å². The Labute approximate surface area is 89.9 Å².